The average Bonchev–Trinajstić information content (AvgIpc) is 2.37. The van der Waals surface area contributed by atoms with Gasteiger partial charge in [-0.25, -0.2) is 0 Å². The number of para-hydroxylation sites is 1. The molecule has 0 saturated carbocycles. The predicted molar refractivity (Wildman–Crippen MR) is 69.6 cm³/mol. The Morgan fingerprint density at radius 2 is 2.28 bits per heavy atom. The molecule has 1 atom stereocenters. The van der Waals surface area contributed by atoms with Gasteiger partial charge in [0.15, 0.2) is 6.10 Å². The zero-order valence-corrected chi connectivity index (χ0v) is 10.4. The molecule has 98 valence electrons. The number of nitrogens with zero attached hydrogens (tertiary/aromatic N) is 1. The topological polar surface area (TPSA) is 75.8 Å². The lowest BCUT2D eigenvalue weighted by atomic mass is 10.1. The van der Waals surface area contributed by atoms with Gasteiger partial charge in [-0.05, 0) is 25.0 Å². The van der Waals surface area contributed by atoms with Crippen molar-refractivity contribution in [2.24, 2.45) is 0 Å². The van der Waals surface area contributed by atoms with Crippen LogP contribution in [0, 0.1) is 0 Å². The van der Waals surface area contributed by atoms with Crippen LogP contribution >= 0.6 is 0 Å². The average molecular weight is 250 g/mol. The van der Waals surface area contributed by atoms with Crippen molar-refractivity contribution in [3.05, 3.63) is 18.2 Å². The van der Waals surface area contributed by atoms with Crippen LogP contribution in [0.5, 0.6) is 5.75 Å². The zero-order chi connectivity index (χ0) is 13.1. The van der Waals surface area contributed by atoms with E-state index < -0.39 is 6.10 Å². The van der Waals surface area contributed by atoms with Gasteiger partial charge >= 0.3 is 0 Å². The SMILES string of the molecule is CCC1Oc2cccc(N)c2N(CCCO)C1=O. The Morgan fingerprint density at radius 3 is 2.94 bits per heavy atom. The summed E-state index contributed by atoms with van der Waals surface area (Å²) in [4.78, 5) is 13.9. The van der Waals surface area contributed by atoms with E-state index in [2.05, 4.69) is 0 Å². The largest absolute Gasteiger partial charge is 0.478 e. The maximum Gasteiger partial charge on any atom is 0.268 e. The van der Waals surface area contributed by atoms with Crippen molar-refractivity contribution in [2.45, 2.75) is 25.9 Å². The van der Waals surface area contributed by atoms with Gasteiger partial charge in [-0.2, -0.15) is 0 Å². The van der Waals surface area contributed by atoms with Crippen LogP contribution in [0.3, 0.4) is 0 Å². The van der Waals surface area contributed by atoms with E-state index in [4.69, 9.17) is 15.6 Å². The number of hydrogen-bond donors (Lipinski definition) is 2. The van der Waals surface area contributed by atoms with Crippen LogP contribution in [0.15, 0.2) is 18.2 Å². The Kier molecular flexibility index (Phi) is 3.72. The minimum atomic E-state index is -0.460. The Balaban J connectivity index is 2.39. The van der Waals surface area contributed by atoms with Gasteiger partial charge in [0, 0.05) is 13.2 Å². The zero-order valence-electron chi connectivity index (χ0n) is 10.4. The number of benzene rings is 1. The van der Waals surface area contributed by atoms with Gasteiger partial charge in [-0.1, -0.05) is 13.0 Å². The normalized spacial score (nSPS) is 18.4. The fourth-order valence-corrected chi connectivity index (χ4v) is 2.12. The maximum absolute atomic E-state index is 12.2. The predicted octanol–water partition coefficient (Wildman–Crippen LogP) is 1.16. The number of nitrogen functional groups attached to an aromatic ring is 1. The summed E-state index contributed by atoms with van der Waals surface area (Å²) in [5.74, 6) is 0.552. The smallest absolute Gasteiger partial charge is 0.268 e. The molecular weight excluding hydrogens is 232 g/mol. The second-order valence-electron chi connectivity index (χ2n) is 4.28. The first kappa shape index (κ1) is 12.7. The molecule has 5 heteroatoms. The number of fused-ring (bicyclic) bond motifs is 1. The quantitative estimate of drug-likeness (QED) is 0.786. The molecule has 0 saturated heterocycles. The van der Waals surface area contributed by atoms with Crippen LogP contribution in [0.25, 0.3) is 0 Å². The molecule has 0 spiro atoms. The number of anilines is 2. The molecule has 1 amide bonds. The molecule has 1 aromatic carbocycles. The second-order valence-corrected chi connectivity index (χ2v) is 4.28. The van der Waals surface area contributed by atoms with E-state index in [1.807, 2.05) is 13.0 Å². The number of aliphatic hydroxyl groups is 1. The lowest BCUT2D eigenvalue weighted by Crippen LogP contribution is -2.46. The molecule has 0 aromatic heterocycles. The Bertz CT molecular complexity index is 448. The van der Waals surface area contributed by atoms with Crippen LogP contribution in [0.2, 0.25) is 0 Å². The van der Waals surface area contributed by atoms with Crippen molar-refractivity contribution < 1.29 is 14.6 Å². The first-order valence-corrected chi connectivity index (χ1v) is 6.16. The fraction of sp³-hybridized carbons (Fsp3) is 0.462. The Hall–Kier alpha value is -1.75. The van der Waals surface area contributed by atoms with E-state index in [-0.39, 0.29) is 12.5 Å². The van der Waals surface area contributed by atoms with Crippen LogP contribution in [-0.2, 0) is 4.79 Å². The number of carbonyl (C=O) groups excluding carboxylic acids is 1. The molecule has 0 bridgehead atoms. The maximum atomic E-state index is 12.2. The van der Waals surface area contributed by atoms with Crippen LogP contribution in [0.1, 0.15) is 19.8 Å². The lowest BCUT2D eigenvalue weighted by molar-refractivity contribution is -0.126. The summed E-state index contributed by atoms with van der Waals surface area (Å²) in [5, 5.41) is 8.92. The van der Waals surface area contributed by atoms with Gasteiger partial charge in [0.25, 0.3) is 5.91 Å². The Morgan fingerprint density at radius 1 is 1.50 bits per heavy atom. The summed E-state index contributed by atoms with van der Waals surface area (Å²) in [6, 6.07) is 5.36. The van der Waals surface area contributed by atoms with E-state index >= 15 is 0 Å². The molecule has 1 unspecified atom stereocenters. The van der Waals surface area contributed by atoms with Gasteiger partial charge in [0.2, 0.25) is 0 Å². The van der Waals surface area contributed by atoms with Crippen LogP contribution in [0.4, 0.5) is 11.4 Å². The summed E-state index contributed by atoms with van der Waals surface area (Å²) in [6.45, 7) is 2.41. The number of aliphatic hydroxyl groups excluding tert-OH is 1. The molecule has 0 fully saturated rings. The van der Waals surface area contributed by atoms with E-state index in [1.54, 1.807) is 17.0 Å². The van der Waals surface area contributed by atoms with Crippen molar-refractivity contribution >= 4 is 17.3 Å². The van der Waals surface area contributed by atoms with Crippen molar-refractivity contribution in [3.8, 4) is 5.75 Å². The summed E-state index contributed by atoms with van der Waals surface area (Å²) in [6.07, 6.45) is 0.677. The number of carbonyl (C=O) groups is 1. The molecular formula is C13H18N2O3. The van der Waals surface area contributed by atoms with Gasteiger partial charge in [0.1, 0.15) is 11.4 Å². The minimum Gasteiger partial charge on any atom is -0.478 e. The van der Waals surface area contributed by atoms with Crippen molar-refractivity contribution in [3.63, 3.8) is 0 Å². The third-order valence-corrected chi connectivity index (χ3v) is 3.02. The number of rotatable bonds is 4. The van der Waals surface area contributed by atoms with Crippen molar-refractivity contribution in [1.82, 2.24) is 0 Å². The summed E-state index contributed by atoms with van der Waals surface area (Å²) in [5.41, 5.74) is 7.06. The third kappa shape index (κ3) is 2.13. The van der Waals surface area contributed by atoms with Gasteiger partial charge in [-0.3, -0.25) is 4.79 Å². The van der Waals surface area contributed by atoms with Gasteiger partial charge in [0.05, 0.1) is 5.69 Å². The molecule has 1 heterocycles. The number of nitrogens with two attached hydrogens (primary N) is 1. The van der Waals surface area contributed by atoms with E-state index in [0.717, 1.165) is 0 Å². The standard InChI is InChI=1S/C13H18N2O3/c1-2-10-13(17)15(7-4-8-16)12-9(14)5-3-6-11(12)18-10/h3,5-6,10,16H,2,4,7-8,14H2,1H3. The van der Waals surface area contributed by atoms with E-state index in [1.165, 1.54) is 0 Å². The molecule has 1 aromatic rings. The first-order chi connectivity index (χ1) is 8.69. The molecule has 2 rings (SSSR count). The van der Waals surface area contributed by atoms with Crippen LogP contribution in [-0.4, -0.2) is 30.3 Å². The molecule has 0 radical (unpaired) electrons. The van der Waals surface area contributed by atoms with E-state index in [0.29, 0.717) is 36.5 Å². The summed E-state index contributed by atoms with van der Waals surface area (Å²) >= 11 is 0. The highest BCUT2D eigenvalue weighted by Crippen LogP contribution is 2.39. The van der Waals surface area contributed by atoms with Crippen molar-refractivity contribution in [2.75, 3.05) is 23.8 Å². The molecule has 18 heavy (non-hydrogen) atoms. The third-order valence-electron chi connectivity index (χ3n) is 3.02. The highest BCUT2D eigenvalue weighted by atomic mass is 16.5. The summed E-state index contributed by atoms with van der Waals surface area (Å²) < 4.78 is 5.65. The molecule has 1 aliphatic rings. The summed E-state index contributed by atoms with van der Waals surface area (Å²) in [7, 11) is 0. The lowest BCUT2D eigenvalue weighted by Gasteiger charge is -2.34. The Labute approximate surface area is 106 Å². The molecule has 0 aliphatic carbocycles. The first-order valence-electron chi connectivity index (χ1n) is 6.16. The number of ether oxygens (including phenoxy) is 1. The minimum absolute atomic E-state index is 0.0451. The molecule has 5 nitrogen and oxygen atoms in total. The van der Waals surface area contributed by atoms with Gasteiger partial charge in [-0.15, -0.1) is 0 Å². The highest BCUT2D eigenvalue weighted by Gasteiger charge is 2.34. The fourth-order valence-electron chi connectivity index (χ4n) is 2.12. The monoisotopic (exact) mass is 250 g/mol. The van der Waals surface area contributed by atoms with Gasteiger partial charge < -0.3 is 20.5 Å². The van der Waals surface area contributed by atoms with Crippen LogP contribution < -0.4 is 15.4 Å². The van der Waals surface area contributed by atoms with Crippen molar-refractivity contribution in [1.29, 1.82) is 0 Å². The van der Waals surface area contributed by atoms with E-state index in [9.17, 15) is 4.79 Å². The molecule has 1 aliphatic heterocycles. The second kappa shape index (κ2) is 5.27. The highest BCUT2D eigenvalue weighted by molar-refractivity contribution is 6.02. The molecule has 3 N–H and O–H groups in total. The number of amides is 1. The number of hydrogen-bond acceptors (Lipinski definition) is 4.